The Hall–Kier alpha value is -1.71. The van der Waals surface area contributed by atoms with E-state index < -0.39 is 0 Å². The number of benzene rings is 1. The van der Waals surface area contributed by atoms with Gasteiger partial charge in [0.15, 0.2) is 0 Å². The molecule has 1 heterocycles. The molecule has 0 radical (unpaired) electrons. The molecular formula is C18H25N3. The van der Waals surface area contributed by atoms with E-state index in [2.05, 4.69) is 61.5 Å². The van der Waals surface area contributed by atoms with E-state index in [4.69, 9.17) is 5.84 Å². The molecule has 0 bridgehead atoms. The van der Waals surface area contributed by atoms with Crippen LogP contribution >= 0.6 is 0 Å². The van der Waals surface area contributed by atoms with Gasteiger partial charge in [0.25, 0.3) is 0 Å². The monoisotopic (exact) mass is 283 g/mol. The summed E-state index contributed by atoms with van der Waals surface area (Å²) in [6.07, 6.45) is 2.75. The molecular weight excluding hydrogens is 258 g/mol. The van der Waals surface area contributed by atoms with Crippen LogP contribution in [0.4, 0.5) is 0 Å². The van der Waals surface area contributed by atoms with E-state index in [1.165, 1.54) is 11.1 Å². The van der Waals surface area contributed by atoms with Crippen LogP contribution in [0.15, 0.2) is 42.6 Å². The Kier molecular flexibility index (Phi) is 4.76. The molecule has 3 heteroatoms. The minimum absolute atomic E-state index is 0.0820. The first-order chi connectivity index (χ1) is 9.90. The van der Waals surface area contributed by atoms with E-state index in [9.17, 15) is 0 Å². The summed E-state index contributed by atoms with van der Waals surface area (Å²) in [5.41, 5.74) is 7.83. The molecule has 3 N–H and O–H groups in total. The number of nitrogens with one attached hydrogen (secondary N) is 1. The van der Waals surface area contributed by atoms with Gasteiger partial charge in [-0.2, -0.15) is 0 Å². The molecule has 1 aromatic carbocycles. The largest absolute Gasteiger partial charge is 0.271 e. The molecule has 0 saturated heterocycles. The van der Waals surface area contributed by atoms with Crippen molar-refractivity contribution in [2.45, 2.75) is 45.6 Å². The Bertz CT molecular complexity index is 565. The zero-order chi connectivity index (χ0) is 15.5. The number of rotatable bonds is 4. The molecule has 1 aromatic heterocycles. The van der Waals surface area contributed by atoms with Crippen LogP contribution < -0.4 is 11.3 Å². The van der Waals surface area contributed by atoms with Gasteiger partial charge in [0.2, 0.25) is 0 Å². The molecule has 3 nitrogen and oxygen atoms in total. The van der Waals surface area contributed by atoms with Gasteiger partial charge < -0.3 is 0 Å². The van der Waals surface area contributed by atoms with Gasteiger partial charge in [-0.05, 0) is 41.5 Å². The second kappa shape index (κ2) is 6.37. The number of hydrogen-bond acceptors (Lipinski definition) is 3. The zero-order valence-electron chi connectivity index (χ0n) is 13.4. The quantitative estimate of drug-likeness (QED) is 0.667. The second-order valence-electron chi connectivity index (χ2n) is 6.60. The smallest absolute Gasteiger partial charge is 0.0515 e. The van der Waals surface area contributed by atoms with Crippen LogP contribution in [0.2, 0.25) is 0 Å². The van der Waals surface area contributed by atoms with Crippen molar-refractivity contribution in [3.63, 3.8) is 0 Å². The van der Waals surface area contributed by atoms with Gasteiger partial charge >= 0.3 is 0 Å². The predicted octanol–water partition coefficient (Wildman–Crippen LogP) is 3.43. The van der Waals surface area contributed by atoms with Gasteiger partial charge in [-0.3, -0.25) is 16.3 Å². The second-order valence-corrected chi connectivity index (χ2v) is 6.60. The Morgan fingerprint density at radius 1 is 1.10 bits per heavy atom. The van der Waals surface area contributed by atoms with E-state index in [0.29, 0.717) is 0 Å². The fourth-order valence-electron chi connectivity index (χ4n) is 2.33. The fraction of sp³-hybridized carbons (Fsp3) is 0.389. The van der Waals surface area contributed by atoms with Gasteiger partial charge in [0.1, 0.15) is 0 Å². The van der Waals surface area contributed by atoms with Crippen molar-refractivity contribution in [2.24, 2.45) is 5.84 Å². The molecule has 2 rings (SSSR count). The Morgan fingerprint density at radius 2 is 1.76 bits per heavy atom. The van der Waals surface area contributed by atoms with Gasteiger partial charge in [0, 0.05) is 11.9 Å². The number of aryl methyl sites for hydroxylation is 1. The van der Waals surface area contributed by atoms with Crippen LogP contribution in [0.25, 0.3) is 0 Å². The SMILES string of the molecule is Cc1ccc(C(Cc2ccc(C(C)(C)C)cc2)NN)cn1. The Balaban J connectivity index is 2.13. The summed E-state index contributed by atoms with van der Waals surface area (Å²) < 4.78 is 0. The lowest BCUT2D eigenvalue weighted by Gasteiger charge is -2.20. The van der Waals surface area contributed by atoms with Crippen LogP contribution in [-0.2, 0) is 11.8 Å². The number of hydrogen-bond donors (Lipinski definition) is 2. The third-order valence-electron chi connectivity index (χ3n) is 3.80. The topological polar surface area (TPSA) is 50.9 Å². The third kappa shape index (κ3) is 4.13. The van der Waals surface area contributed by atoms with Crippen molar-refractivity contribution in [3.05, 3.63) is 65.0 Å². The maximum Gasteiger partial charge on any atom is 0.0515 e. The number of nitrogens with zero attached hydrogens (tertiary/aromatic N) is 1. The summed E-state index contributed by atoms with van der Waals surface area (Å²) in [5, 5.41) is 0. The molecule has 0 amide bonds. The summed E-state index contributed by atoms with van der Waals surface area (Å²) in [5.74, 6) is 5.71. The summed E-state index contributed by atoms with van der Waals surface area (Å²) in [7, 11) is 0. The molecule has 0 aliphatic heterocycles. The maximum atomic E-state index is 5.71. The first-order valence-electron chi connectivity index (χ1n) is 7.38. The Morgan fingerprint density at radius 3 is 2.24 bits per heavy atom. The lowest BCUT2D eigenvalue weighted by atomic mass is 9.86. The molecule has 21 heavy (non-hydrogen) atoms. The normalized spacial score (nSPS) is 13.2. The van der Waals surface area contributed by atoms with Crippen LogP contribution in [-0.4, -0.2) is 4.98 Å². The van der Waals surface area contributed by atoms with Crippen LogP contribution in [0.1, 0.15) is 49.2 Å². The van der Waals surface area contributed by atoms with E-state index in [1.807, 2.05) is 19.2 Å². The van der Waals surface area contributed by atoms with Crippen molar-refractivity contribution in [3.8, 4) is 0 Å². The number of aromatic nitrogens is 1. The minimum Gasteiger partial charge on any atom is -0.271 e. The van der Waals surface area contributed by atoms with Crippen LogP contribution in [0, 0.1) is 6.92 Å². The van der Waals surface area contributed by atoms with Crippen LogP contribution in [0.5, 0.6) is 0 Å². The van der Waals surface area contributed by atoms with E-state index >= 15 is 0 Å². The number of nitrogens with two attached hydrogens (primary N) is 1. The van der Waals surface area contributed by atoms with Crippen molar-refractivity contribution in [1.29, 1.82) is 0 Å². The highest BCUT2D eigenvalue weighted by atomic mass is 15.2. The van der Waals surface area contributed by atoms with Crippen molar-refractivity contribution in [2.75, 3.05) is 0 Å². The molecule has 1 unspecified atom stereocenters. The zero-order valence-corrected chi connectivity index (χ0v) is 13.4. The summed E-state index contributed by atoms with van der Waals surface area (Å²) >= 11 is 0. The first kappa shape index (κ1) is 15.7. The average Bonchev–Trinajstić information content (AvgIpc) is 2.45. The minimum atomic E-state index is 0.0820. The summed E-state index contributed by atoms with van der Waals surface area (Å²) in [4.78, 5) is 4.34. The van der Waals surface area contributed by atoms with Gasteiger partial charge in [-0.1, -0.05) is 51.1 Å². The maximum absolute atomic E-state index is 5.71. The molecule has 0 spiro atoms. The summed E-state index contributed by atoms with van der Waals surface area (Å²) in [6, 6.07) is 13.0. The predicted molar refractivity (Wildman–Crippen MR) is 87.9 cm³/mol. The molecule has 0 aliphatic carbocycles. The Labute approximate surface area is 127 Å². The van der Waals surface area contributed by atoms with E-state index in [-0.39, 0.29) is 11.5 Å². The van der Waals surface area contributed by atoms with Crippen molar-refractivity contribution in [1.82, 2.24) is 10.4 Å². The lowest BCUT2D eigenvalue weighted by Crippen LogP contribution is -2.29. The fourth-order valence-corrected chi connectivity index (χ4v) is 2.33. The molecule has 112 valence electrons. The van der Waals surface area contributed by atoms with Crippen molar-refractivity contribution >= 4 is 0 Å². The highest BCUT2D eigenvalue weighted by molar-refractivity contribution is 5.29. The number of pyridine rings is 1. The molecule has 0 aliphatic rings. The molecule has 0 fully saturated rings. The molecule has 2 aromatic rings. The molecule has 0 saturated carbocycles. The standard InChI is InChI=1S/C18H25N3/c1-13-5-8-15(12-20-13)17(21-19)11-14-6-9-16(10-7-14)18(2,3)4/h5-10,12,17,21H,11,19H2,1-4H3. The highest BCUT2D eigenvalue weighted by Crippen LogP contribution is 2.24. The van der Waals surface area contributed by atoms with Crippen molar-refractivity contribution < 1.29 is 0 Å². The third-order valence-corrected chi connectivity index (χ3v) is 3.80. The van der Waals surface area contributed by atoms with Gasteiger partial charge in [-0.25, -0.2) is 0 Å². The summed E-state index contributed by atoms with van der Waals surface area (Å²) in [6.45, 7) is 8.67. The van der Waals surface area contributed by atoms with E-state index in [0.717, 1.165) is 17.7 Å². The molecule has 1 atom stereocenters. The lowest BCUT2D eigenvalue weighted by molar-refractivity contribution is 0.549. The number of hydrazine groups is 1. The van der Waals surface area contributed by atoms with Gasteiger partial charge in [-0.15, -0.1) is 0 Å². The van der Waals surface area contributed by atoms with Crippen LogP contribution in [0.3, 0.4) is 0 Å². The van der Waals surface area contributed by atoms with Gasteiger partial charge in [0.05, 0.1) is 6.04 Å². The van der Waals surface area contributed by atoms with E-state index in [1.54, 1.807) is 0 Å². The highest BCUT2D eigenvalue weighted by Gasteiger charge is 2.14. The first-order valence-corrected chi connectivity index (χ1v) is 7.38. The average molecular weight is 283 g/mol.